The summed E-state index contributed by atoms with van der Waals surface area (Å²) in [6.07, 6.45) is 2.02. The van der Waals surface area contributed by atoms with E-state index >= 15 is 0 Å². The Bertz CT molecular complexity index is 807. The van der Waals surface area contributed by atoms with E-state index in [1.54, 1.807) is 21.3 Å². The number of hydrogen-bond donors (Lipinski definition) is 1. The minimum Gasteiger partial charge on any atom is -0.493 e. The van der Waals surface area contributed by atoms with Crippen LogP contribution in [0.1, 0.15) is 17.5 Å². The average Bonchev–Trinajstić information content (AvgIpc) is 2.72. The van der Waals surface area contributed by atoms with Crippen molar-refractivity contribution in [1.82, 2.24) is 5.32 Å². The number of hydrogen-bond acceptors (Lipinski definition) is 5. The van der Waals surface area contributed by atoms with Gasteiger partial charge in [-0.05, 0) is 30.5 Å². The first-order valence-electron chi connectivity index (χ1n) is 9.06. The first-order chi connectivity index (χ1) is 13.2. The number of para-hydroxylation sites is 1. The minimum absolute atomic E-state index is 0.0709. The maximum absolute atomic E-state index is 12.7. The number of fused-ring (bicyclic) bond motifs is 1. The van der Waals surface area contributed by atoms with Crippen LogP contribution in [0.4, 0.5) is 5.69 Å². The first kappa shape index (κ1) is 19.0. The second-order valence-corrected chi connectivity index (χ2v) is 6.37. The van der Waals surface area contributed by atoms with Gasteiger partial charge in [0, 0.05) is 24.3 Å². The Hall–Kier alpha value is -2.73. The molecule has 0 spiro atoms. The highest BCUT2D eigenvalue weighted by Gasteiger charge is 2.22. The van der Waals surface area contributed by atoms with Crippen LogP contribution in [-0.4, -0.2) is 40.3 Å². The molecule has 1 aliphatic rings. The lowest BCUT2D eigenvalue weighted by Gasteiger charge is -2.29. The number of anilines is 1. The molecule has 0 saturated carbocycles. The van der Waals surface area contributed by atoms with Crippen molar-refractivity contribution < 1.29 is 19.0 Å². The fourth-order valence-electron chi connectivity index (χ4n) is 3.49. The molecule has 1 heterocycles. The van der Waals surface area contributed by atoms with Crippen LogP contribution in [0.3, 0.4) is 0 Å². The number of amides is 1. The van der Waals surface area contributed by atoms with Crippen molar-refractivity contribution in [3.63, 3.8) is 0 Å². The van der Waals surface area contributed by atoms with E-state index in [1.807, 2.05) is 35.2 Å². The SMILES string of the molecule is COc1ccc(CNCC(=O)N2CCCc3ccccc32)c(OC)c1OC. The lowest BCUT2D eigenvalue weighted by Crippen LogP contribution is -2.41. The van der Waals surface area contributed by atoms with Gasteiger partial charge in [0.2, 0.25) is 11.7 Å². The van der Waals surface area contributed by atoms with Crippen LogP contribution >= 0.6 is 0 Å². The van der Waals surface area contributed by atoms with Gasteiger partial charge in [-0.3, -0.25) is 4.79 Å². The summed E-state index contributed by atoms with van der Waals surface area (Å²) in [6.45, 7) is 1.51. The molecule has 6 nitrogen and oxygen atoms in total. The van der Waals surface area contributed by atoms with Crippen molar-refractivity contribution in [2.45, 2.75) is 19.4 Å². The summed E-state index contributed by atoms with van der Waals surface area (Å²) in [5.41, 5.74) is 3.17. The maximum Gasteiger partial charge on any atom is 0.240 e. The lowest BCUT2D eigenvalue weighted by molar-refractivity contribution is -0.117. The summed E-state index contributed by atoms with van der Waals surface area (Å²) in [4.78, 5) is 14.6. The van der Waals surface area contributed by atoms with Crippen LogP contribution in [0.2, 0.25) is 0 Å². The monoisotopic (exact) mass is 370 g/mol. The lowest BCUT2D eigenvalue weighted by atomic mass is 10.0. The molecule has 1 N–H and O–H groups in total. The summed E-state index contributed by atoms with van der Waals surface area (Å²) in [5.74, 6) is 1.84. The van der Waals surface area contributed by atoms with Crippen molar-refractivity contribution >= 4 is 11.6 Å². The van der Waals surface area contributed by atoms with E-state index < -0.39 is 0 Å². The number of nitrogens with zero attached hydrogens (tertiary/aromatic N) is 1. The fraction of sp³-hybridized carbons (Fsp3) is 0.381. The van der Waals surface area contributed by atoms with Crippen molar-refractivity contribution in [1.29, 1.82) is 0 Å². The number of ether oxygens (including phenoxy) is 3. The van der Waals surface area contributed by atoms with Crippen LogP contribution in [0, 0.1) is 0 Å². The van der Waals surface area contributed by atoms with Gasteiger partial charge in [-0.15, -0.1) is 0 Å². The van der Waals surface area contributed by atoms with Gasteiger partial charge in [-0.1, -0.05) is 24.3 Å². The van der Waals surface area contributed by atoms with Gasteiger partial charge in [0.15, 0.2) is 11.5 Å². The zero-order valence-corrected chi connectivity index (χ0v) is 16.1. The molecule has 2 aromatic carbocycles. The molecule has 1 amide bonds. The molecule has 27 heavy (non-hydrogen) atoms. The van der Waals surface area contributed by atoms with Crippen LogP contribution in [0.25, 0.3) is 0 Å². The Morgan fingerprint density at radius 2 is 1.81 bits per heavy atom. The fourth-order valence-corrected chi connectivity index (χ4v) is 3.49. The molecule has 0 unspecified atom stereocenters. The highest BCUT2D eigenvalue weighted by Crippen LogP contribution is 2.39. The number of carbonyl (C=O) groups is 1. The van der Waals surface area contributed by atoms with Gasteiger partial charge in [0.1, 0.15) is 0 Å². The van der Waals surface area contributed by atoms with E-state index in [2.05, 4.69) is 11.4 Å². The Labute approximate surface area is 160 Å². The smallest absolute Gasteiger partial charge is 0.240 e. The second kappa shape index (κ2) is 8.77. The standard InChI is InChI=1S/C21H26N2O4/c1-25-18-11-10-16(20(26-2)21(18)27-3)13-22-14-19(24)23-12-6-8-15-7-4-5-9-17(15)23/h4-5,7,9-11,22H,6,8,12-14H2,1-3H3. The number of rotatable bonds is 7. The molecular weight excluding hydrogens is 344 g/mol. The molecule has 0 aliphatic carbocycles. The summed E-state index contributed by atoms with van der Waals surface area (Å²) >= 11 is 0. The van der Waals surface area contributed by atoms with E-state index in [4.69, 9.17) is 14.2 Å². The Balaban J connectivity index is 1.66. The Morgan fingerprint density at radius 1 is 1.04 bits per heavy atom. The molecule has 0 fully saturated rings. The Kier molecular flexibility index (Phi) is 6.19. The summed E-state index contributed by atoms with van der Waals surface area (Å²) in [5, 5.41) is 3.23. The van der Waals surface area contributed by atoms with E-state index in [9.17, 15) is 4.79 Å². The van der Waals surface area contributed by atoms with Gasteiger partial charge in [0.25, 0.3) is 0 Å². The van der Waals surface area contributed by atoms with Crippen molar-refractivity contribution in [3.8, 4) is 17.2 Å². The van der Waals surface area contributed by atoms with Gasteiger partial charge in [-0.2, -0.15) is 0 Å². The molecule has 0 saturated heterocycles. The second-order valence-electron chi connectivity index (χ2n) is 6.37. The largest absolute Gasteiger partial charge is 0.493 e. The highest BCUT2D eigenvalue weighted by molar-refractivity contribution is 5.95. The summed E-state index contributed by atoms with van der Waals surface area (Å²) in [6, 6.07) is 11.9. The van der Waals surface area contributed by atoms with Crippen LogP contribution in [0.5, 0.6) is 17.2 Å². The van der Waals surface area contributed by atoms with Crippen LogP contribution < -0.4 is 24.4 Å². The van der Waals surface area contributed by atoms with Gasteiger partial charge in [0.05, 0.1) is 27.9 Å². The molecule has 3 rings (SSSR count). The number of aryl methyl sites for hydroxylation is 1. The van der Waals surface area contributed by atoms with Gasteiger partial charge in [-0.25, -0.2) is 0 Å². The van der Waals surface area contributed by atoms with E-state index in [-0.39, 0.29) is 12.5 Å². The van der Waals surface area contributed by atoms with Crippen LogP contribution in [-0.2, 0) is 17.8 Å². The zero-order valence-electron chi connectivity index (χ0n) is 16.1. The van der Waals surface area contributed by atoms with Crippen molar-refractivity contribution in [2.24, 2.45) is 0 Å². The number of nitrogens with one attached hydrogen (secondary N) is 1. The molecule has 144 valence electrons. The zero-order chi connectivity index (χ0) is 19.2. The third-order valence-corrected chi connectivity index (χ3v) is 4.79. The molecule has 0 radical (unpaired) electrons. The van der Waals surface area contributed by atoms with E-state index in [1.165, 1.54) is 5.56 Å². The molecule has 2 aromatic rings. The van der Waals surface area contributed by atoms with Crippen molar-refractivity contribution in [2.75, 3.05) is 39.3 Å². The quantitative estimate of drug-likeness (QED) is 0.812. The third-order valence-electron chi connectivity index (χ3n) is 4.79. The predicted octanol–water partition coefficient (Wildman–Crippen LogP) is 2.78. The van der Waals surface area contributed by atoms with Gasteiger partial charge < -0.3 is 24.4 Å². The number of methoxy groups -OCH3 is 3. The molecular formula is C21H26N2O4. The minimum atomic E-state index is 0.0709. The van der Waals surface area contributed by atoms with E-state index in [0.29, 0.717) is 23.8 Å². The summed E-state index contributed by atoms with van der Waals surface area (Å²) in [7, 11) is 4.76. The first-order valence-corrected chi connectivity index (χ1v) is 9.06. The molecule has 0 aromatic heterocycles. The predicted molar refractivity (Wildman–Crippen MR) is 105 cm³/mol. The highest BCUT2D eigenvalue weighted by atomic mass is 16.5. The molecule has 1 aliphatic heterocycles. The van der Waals surface area contributed by atoms with Gasteiger partial charge >= 0.3 is 0 Å². The van der Waals surface area contributed by atoms with Crippen LogP contribution in [0.15, 0.2) is 36.4 Å². The molecule has 0 atom stereocenters. The normalized spacial score (nSPS) is 13.1. The molecule has 0 bridgehead atoms. The Morgan fingerprint density at radius 3 is 2.56 bits per heavy atom. The average molecular weight is 370 g/mol. The maximum atomic E-state index is 12.7. The topological polar surface area (TPSA) is 60.0 Å². The third kappa shape index (κ3) is 4.01. The van der Waals surface area contributed by atoms with E-state index in [0.717, 1.165) is 30.6 Å². The number of benzene rings is 2. The van der Waals surface area contributed by atoms with Crippen molar-refractivity contribution in [3.05, 3.63) is 47.5 Å². The molecule has 6 heteroatoms. The number of carbonyl (C=O) groups excluding carboxylic acids is 1. The summed E-state index contributed by atoms with van der Waals surface area (Å²) < 4.78 is 16.2.